The molecule has 0 unspecified atom stereocenters. The second-order valence-corrected chi connectivity index (χ2v) is 7.51. The molecule has 3 rings (SSSR count). The van der Waals surface area contributed by atoms with Gasteiger partial charge in [-0.2, -0.15) is 0 Å². The summed E-state index contributed by atoms with van der Waals surface area (Å²) >= 11 is 0. The molecule has 1 heterocycles. The number of benzene rings is 2. The van der Waals surface area contributed by atoms with E-state index in [4.69, 9.17) is 0 Å². The average molecular weight is 386 g/mol. The van der Waals surface area contributed by atoms with Crippen molar-refractivity contribution in [2.24, 2.45) is 0 Å². The Balaban J connectivity index is 1.51. The molecular formula is C18H18N4O4S. The lowest BCUT2D eigenvalue weighted by molar-refractivity contribution is -0.121. The summed E-state index contributed by atoms with van der Waals surface area (Å²) in [5.74, 6) is -1.01. The fourth-order valence-electron chi connectivity index (χ4n) is 2.44. The van der Waals surface area contributed by atoms with Crippen LogP contribution in [0.15, 0.2) is 65.7 Å². The highest BCUT2D eigenvalue weighted by atomic mass is 32.2. The molecule has 140 valence electrons. The maximum Gasteiger partial charge on any atom is 0.286 e. The van der Waals surface area contributed by atoms with E-state index in [0.29, 0.717) is 5.69 Å². The van der Waals surface area contributed by atoms with Crippen molar-refractivity contribution in [2.45, 2.75) is 11.3 Å². The minimum absolute atomic E-state index is 0.0979. The van der Waals surface area contributed by atoms with Crippen molar-refractivity contribution < 1.29 is 18.0 Å². The second-order valence-electron chi connectivity index (χ2n) is 5.74. The number of hydrogen-bond acceptors (Lipinski definition) is 4. The number of fused-ring (bicyclic) bond motifs is 1. The van der Waals surface area contributed by atoms with Gasteiger partial charge in [-0.15, -0.1) is 0 Å². The Hall–Kier alpha value is -3.17. The van der Waals surface area contributed by atoms with Crippen LogP contribution in [0.2, 0.25) is 0 Å². The van der Waals surface area contributed by atoms with E-state index in [-0.39, 0.29) is 17.9 Å². The number of rotatable bonds is 6. The van der Waals surface area contributed by atoms with Gasteiger partial charge in [-0.1, -0.05) is 30.3 Å². The monoisotopic (exact) mass is 386 g/mol. The largest absolute Gasteiger partial charge is 0.357 e. The molecule has 0 saturated carbocycles. The molecule has 0 spiro atoms. The number of nitrogens with one attached hydrogen (secondary N) is 4. The lowest BCUT2D eigenvalue weighted by Crippen LogP contribution is -2.42. The van der Waals surface area contributed by atoms with Gasteiger partial charge in [0, 0.05) is 19.2 Å². The van der Waals surface area contributed by atoms with Crippen molar-refractivity contribution in [3.05, 3.63) is 66.5 Å². The summed E-state index contributed by atoms with van der Waals surface area (Å²) in [6.45, 7) is -0.0979. The Kier molecular flexibility index (Phi) is 5.53. The van der Waals surface area contributed by atoms with Crippen LogP contribution in [0.4, 0.5) is 0 Å². The van der Waals surface area contributed by atoms with Crippen molar-refractivity contribution in [3.8, 4) is 0 Å². The molecule has 3 aromatic rings. The molecule has 1 aromatic heterocycles. The van der Waals surface area contributed by atoms with Gasteiger partial charge < -0.3 is 4.98 Å². The SMILES string of the molecule is O=C(CCNS(=O)(=O)c1ccc2ccccc2c1)NNC(=O)c1ccc[nH]1. The van der Waals surface area contributed by atoms with Gasteiger partial charge >= 0.3 is 0 Å². The van der Waals surface area contributed by atoms with E-state index in [1.165, 1.54) is 6.07 Å². The maximum atomic E-state index is 12.4. The molecule has 0 radical (unpaired) electrons. The molecule has 0 aliphatic rings. The minimum Gasteiger partial charge on any atom is -0.357 e. The third kappa shape index (κ3) is 4.72. The number of amides is 2. The Bertz CT molecular complexity index is 1060. The van der Waals surface area contributed by atoms with Crippen molar-refractivity contribution in [3.63, 3.8) is 0 Å². The lowest BCUT2D eigenvalue weighted by Gasteiger charge is -2.09. The van der Waals surface area contributed by atoms with Crippen LogP contribution < -0.4 is 15.6 Å². The van der Waals surface area contributed by atoms with Crippen LogP contribution in [0.3, 0.4) is 0 Å². The van der Waals surface area contributed by atoms with Gasteiger partial charge in [-0.05, 0) is 35.0 Å². The summed E-state index contributed by atoms with van der Waals surface area (Å²) < 4.78 is 27.1. The van der Waals surface area contributed by atoms with Crippen molar-refractivity contribution in [1.82, 2.24) is 20.6 Å². The zero-order valence-corrected chi connectivity index (χ0v) is 15.0. The first-order valence-corrected chi connectivity index (χ1v) is 9.65. The molecule has 0 fully saturated rings. The minimum atomic E-state index is -3.74. The summed E-state index contributed by atoms with van der Waals surface area (Å²) in [6.07, 6.45) is 1.45. The number of H-pyrrole nitrogens is 1. The Morgan fingerprint density at radius 3 is 2.44 bits per heavy atom. The van der Waals surface area contributed by atoms with E-state index < -0.39 is 21.8 Å². The standard InChI is InChI=1S/C18H18N4O4S/c23-17(21-22-18(24)16-6-3-10-19-16)9-11-20-27(25,26)15-8-7-13-4-1-2-5-14(13)12-15/h1-8,10,12,19-20H,9,11H2,(H,21,23)(H,22,24). The predicted octanol–water partition coefficient (Wildman–Crippen LogP) is 1.30. The van der Waals surface area contributed by atoms with Gasteiger partial charge in [0.2, 0.25) is 15.9 Å². The van der Waals surface area contributed by atoms with Crippen molar-refractivity contribution in [2.75, 3.05) is 6.54 Å². The van der Waals surface area contributed by atoms with Crippen LogP contribution in [-0.2, 0) is 14.8 Å². The van der Waals surface area contributed by atoms with Crippen LogP contribution in [0, 0.1) is 0 Å². The predicted molar refractivity (Wildman–Crippen MR) is 100 cm³/mol. The maximum absolute atomic E-state index is 12.4. The highest BCUT2D eigenvalue weighted by Crippen LogP contribution is 2.18. The molecule has 27 heavy (non-hydrogen) atoms. The van der Waals surface area contributed by atoms with Gasteiger partial charge in [-0.25, -0.2) is 13.1 Å². The molecule has 9 heteroatoms. The van der Waals surface area contributed by atoms with Gasteiger partial charge in [0.25, 0.3) is 5.91 Å². The number of aromatic nitrogens is 1. The van der Waals surface area contributed by atoms with Crippen LogP contribution in [0.5, 0.6) is 0 Å². The van der Waals surface area contributed by atoms with Crippen LogP contribution in [0.25, 0.3) is 10.8 Å². The smallest absolute Gasteiger partial charge is 0.286 e. The Morgan fingerprint density at radius 2 is 1.70 bits per heavy atom. The van der Waals surface area contributed by atoms with E-state index in [9.17, 15) is 18.0 Å². The molecule has 0 saturated heterocycles. The zero-order chi connectivity index (χ0) is 19.3. The number of aromatic amines is 1. The quantitative estimate of drug-likeness (QED) is 0.477. The number of sulfonamides is 1. The molecule has 8 nitrogen and oxygen atoms in total. The highest BCUT2D eigenvalue weighted by molar-refractivity contribution is 7.89. The first-order valence-electron chi connectivity index (χ1n) is 8.17. The molecule has 0 aliphatic carbocycles. The van der Waals surface area contributed by atoms with E-state index in [0.717, 1.165) is 10.8 Å². The summed E-state index contributed by atoms with van der Waals surface area (Å²) in [4.78, 5) is 26.2. The van der Waals surface area contributed by atoms with Gasteiger partial charge in [0.1, 0.15) is 5.69 Å². The van der Waals surface area contributed by atoms with E-state index in [1.54, 1.807) is 30.5 Å². The van der Waals surface area contributed by atoms with E-state index in [1.807, 2.05) is 24.3 Å². The van der Waals surface area contributed by atoms with Crippen molar-refractivity contribution in [1.29, 1.82) is 0 Å². The lowest BCUT2D eigenvalue weighted by atomic mass is 10.1. The molecule has 2 aromatic carbocycles. The fraction of sp³-hybridized carbons (Fsp3) is 0.111. The Morgan fingerprint density at radius 1 is 0.926 bits per heavy atom. The summed E-state index contributed by atoms with van der Waals surface area (Å²) in [5.41, 5.74) is 4.76. The van der Waals surface area contributed by atoms with Crippen molar-refractivity contribution >= 4 is 32.6 Å². The van der Waals surface area contributed by atoms with Crippen LogP contribution in [0.1, 0.15) is 16.9 Å². The summed E-state index contributed by atoms with van der Waals surface area (Å²) in [6, 6.07) is 15.5. The van der Waals surface area contributed by atoms with Crippen LogP contribution in [-0.4, -0.2) is 31.8 Å². The van der Waals surface area contributed by atoms with E-state index in [2.05, 4.69) is 20.6 Å². The Labute approximate surface area is 156 Å². The highest BCUT2D eigenvalue weighted by Gasteiger charge is 2.15. The van der Waals surface area contributed by atoms with Crippen LogP contribution >= 0.6 is 0 Å². The fourth-order valence-corrected chi connectivity index (χ4v) is 3.51. The topological polar surface area (TPSA) is 120 Å². The molecule has 0 aliphatic heterocycles. The van der Waals surface area contributed by atoms with E-state index >= 15 is 0 Å². The molecule has 0 bridgehead atoms. The summed E-state index contributed by atoms with van der Waals surface area (Å²) in [7, 11) is -3.74. The first-order chi connectivity index (χ1) is 13.0. The zero-order valence-electron chi connectivity index (χ0n) is 14.2. The molecular weight excluding hydrogens is 368 g/mol. The number of hydrazine groups is 1. The molecule has 0 atom stereocenters. The second kappa shape index (κ2) is 8.02. The first kappa shape index (κ1) is 18.6. The average Bonchev–Trinajstić information content (AvgIpc) is 3.20. The molecule has 2 amide bonds. The van der Waals surface area contributed by atoms with Gasteiger partial charge in [0.15, 0.2) is 0 Å². The third-order valence-electron chi connectivity index (χ3n) is 3.83. The normalized spacial score (nSPS) is 11.3. The summed E-state index contributed by atoms with van der Waals surface area (Å²) in [5, 5.41) is 1.75. The number of carbonyl (C=O) groups is 2. The van der Waals surface area contributed by atoms with Gasteiger partial charge in [-0.3, -0.25) is 20.4 Å². The number of hydrogen-bond donors (Lipinski definition) is 4. The number of carbonyl (C=O) groups excluding carboxylic acids is 2. The van der Waals surface area contributed by atoms with Gasteiger partial charge in [0.05, 0.1) is 4.90 Å². The third-order valence-corrected chi connectivity index (χ3v) is 5.29. The molecule has 4 N–H and O–H groups in total.